The van der Waals surface area contributed by atoms with Crippen molar-refractivity contribution >= 4 is 29.2 Å². The van der Waals surface area contributed by atoms with E-state index < -0.39 is 18.0 Å². The van der Waals surface area contributed by atoms with Crippen LogP contribution in [-0.4, -0.2) is 33.7 Å². The van der Waals surface area contributed by atoms with Crippen molar-refractivity contribution in [3.8, 4) is 5.69 Å². The van der Waals surface area contributed by atoms with Gasteiger partial charge in [-0.2, -0.15) is 5.10 Å². The van der Waals surface area contributed by atoms with Gasteiger partial charge in [0.1, 0.15) is 0 Å². The van der Waals surface area contributed by atoms with E-state index in [2.05, 4.69) is 15.7 Å². The van der Waals surface area contributed by atoms with E-state index in [0.29, 0.717) is 16.9 Å². The minimum absolute atomic E-state index is 0.180. The van der Waals surface area contributed by atoms with Gasteiger partial charge < -0.3 is 15.4 Å². The van der Waals surface area contributed by atoms with E-state index in [0.717, 1.165) is 11.4 Å². The predicted octanol–water partition coefficient (Wildman–Crippen LogP) is 3.32. The maximum Gasteiger partial charge on any atom is 0.338 e. The molecule has 1 aromatic heterocycles. The fourth-order valence-electron chi connectivity index (χ4n) is 2.74. The van der Waals surface area contributed by atoms with Crippen LogP contribution in [0.4, 0.5) is 11.4 Å². The summed E-state index contributed by atoms with van der Waals surface area (Å²) in [5, 5.41) is 9.53. The molecule has 0 aliphatic carbocycles. The van der Waals surface area contributed by atoms with Crippen LogP contribution >= 0.6 is 0 Å². The molecule has 8 heteroatoms. The molecule has 0 saturated carbocycles. The van der Waals surface area contributed by atoms with E-state index >= 15 is 0 Å². The molecule has 0 aliphatic rings. The van der Waals surface area contributed by atoms with Gasteiger partial charge in [-0.05, 0) is 68.4 Å². The summed E-state index contributed by atoms with van der Waals surface area (Å²) >= 11 is 0. The molecule has 0 fully saturated rings. The van der Waals surface area contributed by atoms with Crippen molar-refractivity contribution in [3.05, 3.63) is 72.1 Å². The molecular formula is C22H22N4O4. The Balaban J connectivity index is 1.57. The van der Waals surface area contributed by atoms with Crippen LogP contribution in [-0.2, 0) is 14.3 Å². The Hall–Kier alpha value is -3.94. The van der Waals surface area contributed by atoms with Crippen LogP contribution in [0.1, 0.15) is 29.9 Å². The second-order valence-electron chi connectivity index (χ2n) is 6.73. The maximum absolute atomic E-state index is 12.4. The smallest absolute Gasteiger partial charge is 0.338 e. The van der Waals surface area contributed by atoms with Crippen molar-refractivity contribution in [3.63, 3.8) is 0 Å². The summed E-state index contributed by atoms with van der Waals surface area (Å²) < 4.78 is 7.02. The van der Waals surface area contributed by atoms with E-state index in [9.17, 15) is 14.4 Å². The van der Waals surface area contributed by atoms with Gasteiger partial charge in [-0.15, -0.1) is 0 Å². The van der Waals surface area contributed by atoms with Gasteiger partial charge in [0.05, 0.1) is 11.3 Å². The number of hydrogen-bond donors (Lipinski definition) is 2. The van der Waals surface area contributed by atoms with Crippen LogP contribution in [0.25, 0.3) is 5.69 Å². The molecule has 0 aliphatic heterocycles. The monoisotopic (exact) mass is 406 g/mol. The summed E-state index contributed by atoms with van der Waals surface area (Å²) in [5.41, 5.74) is 3.27. The molecule has 30 heavy (non-hydrogen) atoms. The summed E-state index contributed by atoms with van der Waals surface area (Å²) in [5.74, 6) is -1.23. The Morgan fingerprint density at radius 3 is 2.07 bits per heavy atom. The number of anilines is 2. The van der Waals surface area contributed by atoms with Crippen molar-refractivity contribution in [2.45, 2.75) is 26.9 Å². The highest BCUT2D eigenvalue weighted by Crippen LogP contribution is 2.15. The van der Waals surface area contributed by atoms with Gasteiger partial charge in [-0.1, -0.05) is 0 Å². The van der Waals surface area contributed by atoms with Gasteiger partial charge in [0.2, 0.25) is 5.91 Å². The van der Waals surface area contributed by atoms with Crippen LogP contribution in [0.15, 0.2) is 60.8 Å². The number of benzene rings is 2. The van der Waals surface area contributed by atoms with Crippen LogP contribution in [0.2, 0.25) is 0 Å². The highest BCUT2D eigenvalue weighted by atomic mass is 16.5. The Morgan fingerprint density at radius 2 is 1.53 bits per heavy atom. The van der Waals surface area contributed by atoms with Gasteiger partial charge in [0.15, 0.2) is 6.10 Å². The third-order valence-electron chi connectivity index (χ3n) is 4.31. The molecule has 0 unspecified atom stereocenters. The minimum Gasteiger partial charge on any atom is -0.449 e. The third-order valence-corrected chi connectivity index (χ3v) is 4.31. The maximum atomic E-state index is 12.4. The molecule has 0 saturated heterocycles. The predicted molar refractivity (Wildman–Crippen MR) is 113 cm³/mol. The SMILES string of the molecule is CC(=O)Nc1ccc(NC(=O)[C@@H](C)OC(=O)c2ccc(-n3nccc3C)cc2)cc1. The Labute approximate surface area is 173 Å². The Kier molecular flexibility index (Phi) is 6.26. The first kappa shape index (κ1) is 20.8. The Bertz CT molecular complexity index is 1060. The zero-order chi connectivity index (χ0) is 21.7. The van der Waals surface area contributed by atoms with Crippen LogP contribution in [0.5, 0.6) is 0 Å². The lowest BCUT2D eigenvalue weighted by Gasteiger charge is -2.14. The van der Waals surface area contributed by atoms with Crippen LogP contribution in [0, 0.1) is 6.92 Å². The molecule has 3 rings (SSSR count). The third kappa shape index (κ3) is 5.11. The number of nitrogens with zero attached hydrogens (tertiary/aromatic N) is 2. The molecule has 0 bridgehead atoms. The molecule has 3 aromatic rings. The van der Waals surface area contributed by atoms with Gasteiger partial charge in [0, 0.05) is 30.2 Å². The van der Waals surface area contributed by atoms with Crippen molar-refractivity contribution in [1.29, 1.82) is 0 Å². The molecule has 8 nitrogen and oxygen atoms in total. The largest absolute Gasteiger partial charge is 0.449 e. The quantitative estimate of drug-likeness (QED) is 0.612. The molecule has 1 heterocycles. The van der Waals surface area contributed by atoms with E-state index in [1.807, 2.05) is 13.0 Å². The van der Waals surface area contributed by atoms with Gasteiger partial charge >= 0.3 is 5.97 Å². The van der Waals surface area contributed by atoms with E-state index in [4.69, 9.17) is 4.74 Å². The number of nitrogens with one attached hydrogen (secondary N) is 2. The summed E-state index contributed by atoms with van der Waals surface area (Å²) in [6.45, 7) is 4.85. The van der Waals surface area contributed by atoms with Gasteiger partial charge in [-0.25, -0.2) is 9.48 Å². The van der Waals surface area contributed by atoms with Crippen LogP contribution < -0.4 is 10.6 Å². The van der Waals surface area contributed by atoms with Crippen LogP contribution in [0.3, 0.4) is 0 Å². The lowest BCUT2D eigenvalue weighted by atomic mass is 10.2. The van der Waals surface area contributed by atoms with Gasteiger partial charge in [0.25, 0.3) is 5.91 Å². The van der Waals surface area contributed by atoms with E-state index in [-0.39, 0.29) is 5.91 Å². The second-order valence-corrected chi connectivity index (χ2v) is 6.73. The standard InChI is InChI=1S/C22H22N4O4/c1-14-12-13-23-26(14)20-10-4-17(5-11-20)22(29)30-15(2)21(28)25-19-8-6-18(7-9-19)24-16(3)27/h4-13,15H,1-3H3,(H,24,27)(H,25,28)/t15-/m1/s1. The zero-order valence-corrected chi connectivity index (χ0v) is 16.9. The highest BCUT2D eigenvalue weighted by molar-refractivity contribution is 5.97. The Morgan fingerprint density at radius 1 is 0.933 bits per heavy atom. The number of rotatable bonds is 6. The first-order valence-corrected chi connectivity index (χ1v) is 9.34. The lowest BCUT2D eigenvalue weighted by Crippen LogP contribution is -2.30. The fourth-order valence-corrected chi connectivity index (χ4v) is 2.74. The average molecular weight is 406 g/mol. The highest BCUT2D eigenvalue weighted by Gasteiger charge is 2.19. The molecule has 0 radical (unpaired) electrons. The number of aromatic nitrogens is 2. The van der Waals surface area contributed by atoms with Crippen molar-refractivity contribution < 1.29 is 19.1 Å². The summed E-state index contributed by atoms with van der Waals surface area (Å²) in [4.78, 5) is 35.7. The normalized spacial score (nSPS) is 11.4. The number of amides is 2. The summed E-state index contributed by atoms with van der Waals surface area (Å²) in [6, 6.07) is 15.3. The first-order chi connectivity index (χ1) is 14.3. The number of esters is 1. The fraction of sp³-hybridized carbons (Fsp3) is 0.182. The van der Waals surface area contributed by atoms with Crippen molar-refractivity contribution in [1.82, 2.24) is 9.78 Å². The molecule has 1 atom stereocenters. The molecule has 2 aromatic carbocycles. The number of carbonyl (C=O) groups is 3. The zero-order valence-electron chi connectivity index (χ0n) is 16.9. The van der Waals surface area contributed by atoms with E-state index in [1.54, 1.807) is 59.4 Å². The van der Waals surface area contributed by atoms with Gasteiger partial charge in [-0.3, -0.25) is 9.59 Å². The number of aryl methyl sites for hydroxylation is 1. The van der Waals surface area contributed by atoms with Crippen molar-refractivity contribution in [2.75, 3.05) is 10.6 Å². The molecule has 2 amide bonds. The number of ether oxygens (including phenoxy) is 1. The summed E-state index contributed by atoms with van der Waals surface area (Å²) in [6.07, 6.45) is 0.714. The summed E-state index contributed by atoms with van der Waals surface area (Å²) in [7, 11) is 0. The van der Waals surface area contributed by atoms with E-state index in [1.165, 1.54) is 13.8 Å². The first-order valence-electron chi connectivity index (χ1n) is 9.34. The number of carbonyl (C=O) groups excluding carboxylic acids is 3. The average Bonchev–Trinajstić information content (AvgIpc) is 3.15. The number of hydrogen-bond acceptors (Lipinski definition) is 5. The molecular weight excluding hydrogens is 384 g/mol. The lowest BCUT2D eigenvalue weighted by molar-refractivity contribution is -0.123. The minimum atomic E-state index is -0.986. The van der Waals surface area contributed by atoms with Crippen molar-refractivity contribution in [2.24, 2.45) is 0 Å². The second kappa shape index (κ2) is 9.04. The molecule has 2 N–H and O–H groups in total. The molecule has 154 valence electrons. The topological polar surface area (TPSA) is 102 Å². The molecule has 0 spiro atoms.